The van der Waals surface area contributed by atoms with Crippen molar-refractivity contribution >= 4 is 21.8 Å². The maximum absolute atomic E-state index is 11.7. The van der Waals surface area contributed by atoms with Crippen LogP contribution in [0.25, 0.3) is 0 Å². The average Bonchev–Trinajstić information content (AvgIpc) is 2.83. The highest BCUT2D eigenvalue weighted by atomic mass is 79.9. The molecule has 0 unspecified atom stereocenters. The van der Waals surface area contributed by atoms with Crippen LogP contribution in [0, 0.1) is 0 Å². The fourth-order valence-corrected chi connectivity index (χ4v) is 3.17. The number of piperidine rings is 1. The number of halogens is 1. The van der Waals surface area contributed by atoms with Crippen LogP contribution < -0.4 is 0 Å². The van der Waals surface area contributed by atoms with Crippen LogP contribution in [0.4, 0.5) is 0 Å². The van der Waals surface area contributed by atoms with Gasteiger partial charge in [0.15, 0.2) is 0 Å². The van der Waals surface area contributed by atoms with Crippen molar-refractivity contribution in [1.29, 1.82) is 0 Å². The molecule has 2 aliphatic heterocycles. The molecule has 1 amide bonds. The van der Waals surface area contributed by atoms with Gasteiger partial charge in [0.1, 0.15) is 0 Å². The predicted molar refractivity (Wildman–Crippen MR) is 68.8 cm³/mol. The molecule has 92 valence electrons. The van der Waals surface area contributed by atoms with Gasteiger partial charge in [0, 0.05) is 30.9 Å². The first-order valence-electron chi connectivity index (χ1n) is 6.39. The predicted octanol–water partition coefficient (Wildman–Crippen LogP) is 1.86. The van der Waals surface area contributed by atoms with Gasteiger partial charge in [0.25, 0.3) is 0 Å². The number of nitrogens with zero attached hydrogens (tertiary/aromatic N) is 2. The van der Waals surface area contributed by atoms with Crippen molar-refractivity contribution in [3.05, 3.63) is 0 Å². The normalized spacial score (nSPS) is 23.9. The summed E-state index contributed by atoms with van der Waals surface area (Å²) in [5, 5.41) is 0.790. The van der Waals surface area contributed by atoms with E-state index in [1.807, 2.05) is 4.90 Å². The second kappa shape index (κ2) is 6.01. The summed E-state index contributed by atoms with van der Waals surface area (Å²) in [4.78, 5) is 16.4. The number of hydrogen-bond donors (Lipinski definition) is 0. The van der Waals surface area contributed by atoms with Gasteiger partial charge in [-0.15, -0.1) is 0 Å². The summed E-state index contributed by atoms with van der Waals surface area (Å²) < 4.78 is 0. The van der Waals surface area contributed by atoms with E-state index in [0.29, 0.717) is 12.3 Å². The number of rotatable bonds is 3. The Hall–Kier alpha value is -0.0900. The molecule has 0 spiro atoms. The zero-order valence-electron chi connectivity index (χ0n) is 9.83. The van der Waals surface area contributed by atoms with Crippen LogP contribution in [0.3, 0.4) is 0 Å². The van der Waals surface area contributed by atoms with Crippen molar-refractivity contribution < 1.29 is 4.79 Å². The minimum Gasteiger partial charge on any atom is -0.343 e. The van der Waals surface area contributed by atoms with Gasteiger partial charge in [-0.25, -0.2) is 0 Å². The Kier molecular flexibility index (Phi) is 4.65. The van der Waals surface area contributed by atoms with Crippen molar-refractivity contribution in [2.75, 3.05) is 31.5 Å². The van der Waals surface area contributed by atoms with Gasteiger partial charge in [-0.3, -0.25) is 4.79 Å². The first-order valence-corrected chi connectivity index (χ1v) is 7.51. The quantitative estimate of drug-likeness (QED) is 0.740. The van der Waals surface area contributed by atoms with Gasteiger partial charge in [-0.1, -0.05) is 15.9 Å². The highest BCUT2D eigenvalue weighted by Gasteiger charge is 2.27. The number of carbonyl (C=O) groups excluding carboxylic acids is 1. The molecule has 2 fully saturated rings. The van der Waals surface area contributed by atoms with Crippen LogP contribution in [0.15, 0.2) is 0 Å². The van der Waals surface area contributed by atoms with E-state index < -0.39 is 0 Å². The van der Waals surface area contributed by atoms with Gasteiger partial charge in [0.05, 0.1) is 0 Å². The Balaban J connectivity index is 1.75. The van der Waals surface area contributed by atoms with Crippen molar-refractivity contribution in [2.24, 2.45) is 0 Å². The summed E-state index contributed by atoms with van der Waals surface area (Å²) in [5.41, 5.74) is 0. The first-order chi connectivity index (χ1) is 7.81. The molecular formula is C12H21BrN2O. The first kappa shape index (κ1) is 12.4. The third-order valence-corrected chi connectivity index (χ3v) is 4.18. The number of likely N-dealkylation sites (tertiary alicyclic amines) is 2. The molecular weight excluding hydrogens is 268 g/mol. The number of alkyl halides is 1. The SMILES string of the molecule is O=C(CCBr)N1CCC(N2CCCC2)CC1. The summed E-state index contributed by atoms with van der Waals surface area (Å²) in [6.45, 7) is 4.49. The fraction of sp³-hybridized carbons (Fsp3) is 0.917. The van der Waals surface area contributed by atoms with E-state index in [1.165, 1.54) is 38.8 Å². The highest BCUT2D eigenvalue weighted by Crippen LogP contribution is 2.21. The molecule has 0 saturated carbocycles. The van der Waals surface area contributed by atoms with Gasteiger partial charge in [-0.05, 0) is 38.8 Å². The summed E-state index contributed by atoms with van der Waals surface area (Å²) in [6, 6.07) is 0.746. The third-order valence-electron chi connectivity index (χ3n) is 3.78. The molecule has 2 aliphatic rings. The highest BCUT2D eigenvalue weighted by molar-refractivity contribution is 9.09. The maximum atomic E-state index is 11.7. The van der Waals surface area contributed by atoms with E-state index in [0.717, 1.165) is 24.5 Å². The molecule has 2 heterocycles. The molecule has 0 aromatic rings. The smallest absolute Gasteiger partial charge is 0.223 e. The van der Waals surface area contributed by atoms with Crippen LogP contribution in [-0.2, 0) is 4.79 Å². The minimum absolute atomic E-state index is 0.316. The molecule has 2 saturated heterocycles. The molecule has 0 atom stereocenters. The Morgan fingerprint density at radius 2 is 1.75 bits per heavy atom. The lowest BCUT2D eigenvalue weighted by molar-refractivity contribution is -0.132. The second-order valence-corrected chi connectivity index (χ2v) is 5.59. The summed E-state index contributed by atoms with van der Waals surface area (Å²) in [6.07, 6.45) is 5.72. The molecule has 0 aliphatic carbocycles. The van der Waals surface area contributed by atoms with Gasteiger partial charge in [0.2, 0.25) is 5.91 Å². The molecule has 16 heavy (non-hydrogen) atoms. The lowest BCUT2D eigenvalue weighted by Crippen LogP contribution is -2.45. The Bertz CT molecular complexity index is 233. The third kappa shape index (κ3) is 2.98. The fourth-order valence-electron chi connectivity index (χ4n) is 2.83. The largest absolute Gasteiger partial charge is 0.343 e. The van der Waals surface area contributed by atoms with Crippen LogP contribution in [0.5, 0.6) is 0 Å². The van der Waals surface area contributed by atoms with Crippen molar-refractivity contribution in [2.45, 2.75) is 38.1 Å². The van der Waals surface area contributed by atoms with Crippen molar-refractivity contribution in [3.63, 3.8) is 0 Å². The van der Waals surface area contributed by atoms with Gasteiger partial charge in [-0.2, -0.15) is 0 Å². The standard InChI is InChI=1S/C12H21BrN2O/c13-6-3-12(16)15-9-4-11(5-10-15)14-7-1-2-8-14/h11H,1-10H2. The van der Waals surface area contributed by atoms with Gasteiger partial charge >= 0.3 is 0 Å². The van der Waals surface area contributed by atoms with E-state index in [1.54, 1.807) is 0 Å². The Morgan fingerprint density at radius 3 is 2.31 bits per heavy atom. The second-order valence-electron chi connectivity index (χ2n) is 4.79. The topological polar surface area (TPSA) is 23.6 Å². The lowest BCUT2D eigenvalue weighted by Gasteiger charge is -2.36. The van der Waals surface area contributed by atoms with E-state index in [2.05, 4.69) is 20.8 Å². The van der Waals surface area contributed by atoms with E-state index >= 15 is 0 Å². The van der Waals surface area contributed by atoms with Crippen LogP contribution in [0.1, 0.15) is 32.1 Å². The average molecular weight is 289 g/mol. The van der Waals surface area contributed by atoms with E-state index in [-0.39, 0.29) is 0 Å². The molecule has 0 aromatic carbocycles. The molecule has 0 N–H and O–H groups in total. The monoisotopic (exact) mass is 288 g/mol. The van der Waals surface area contributed by atoms with Crippen LogP contribution in [0.2, 0.25) is 0 Å². The molecule has 0 radical (unpaired) electrons. The van der Waals surface area contributed by atoms with E-state index in [4.69, 9.17) is 0 Å². The lowest BCUT2D eigenvalue weighted by atomic mass is 10.0. The Morgan fingerprint density at radius 1 is 1.12 bits per heavy atom. The molecule has 2 rings (SSSR count). The summed E-state index contributed by atoms with van der Waals surface area (Å²) >= 11 is 3.33. The number of amides is 1. The number of carbonyl (C=O) groups is 1. The minimum atomic E-state index is 0.316. The van der Waals surface area contributed by atoms with Crippen molar-refractivity contribution in [3.8, 4) is 0 Å². The Labute approximate surface area is 106 Å². The molecule has 0 aromatic heterocycles. The molecule has 4 heteroatoms. The van der Waals surface area contributed by atoms with Crippen LogP contribution >= 0.6 is 15.9 Å². The van der Waals surface area contributed by atoms with Gasteiger partial charge < -0.3 is 9.80 Å². The van der Waals surface area contributed by atoms with Crippen LogP contribution in [-0.4, -0.2) is 53.3 Å². The van der Waals surface area contributed by atoms with E-state index in [9.17, 15) is 4.79 Å². The molecule has 3 nitrogen and oxygen atoms in total. The summed E-state index contributed by atoms with van der Waals surface area (Å²) in [7, 11) is 0. The maximum Gasteiger partial charge on any atom is 0.223 e. The molecule has 0 bridgehead atoms. The zero-order valence-corrected chi connectivity index (χ0v) is 11.4. The zero-order chi connectivity index (χ0) is 11.4. The summed E-state index contributed by atoms with van der Waals surface area (Å²) in [5.74, 6) is 0.316. The number of hydrogen-bond acceptors (Lipinski definition) is 2. The van der Waals surface area contributed by atoms with Crippen molar-refractivity contribution in [1.82, 2.24) is 9.80 Å².